The number of nitro benzene ring substituents is 1. The third-order valence-electron chi connectivity index (χ3n) is 2.02. The van der Waals surface area contributed by atoms with E-state index in [9.17, 15) is 14.9 Å². The summed E-state index contributed by atoms with van der Waals surface area (Å²) in [4.78, 5) is 23.3. The molecule has 16 heavy (non-hydrogen) atoms. The number of hydrogen-bond acceptors (Lipinski definition) is 4. The molecule has 5 heteroatoms. The summed E-state index contributed by atoms with van der Waals surface area (Å²) in [6.07, 6.45) is 0.236. The van der Waals surface area contributed by atoms with Crippen LogP contribution in [0, 0.1) is 10.1 Å². The maximum atomic E-state index is 11.5. The molecule has 86 valence electrons. The van der Waals surface area contributed by atoms with Crippen LogP contribution < -0.4 is 0 Å². The van der Waals surface area contributed by atoms with Crippen molar-refractivity contribution in [1.82, 2.24) is 4.90 Å². The van der Waals surface area contributed by atoms with Gasteiger partial charge in [0, 0.05) is 18.6 Å². The number of nitrogens with zero attached hydrogens (tertiary/aromatic N) is 2. The van der Waals surface area contributed by atoms with Crippen LogP contribution in [-0.2, 0) is 11.2 Å². The minimum atomic E-state index is -0.458. The smallest absolute Gasteiger partial charge is 0.269 e. The third-order valence-corrected chi connectivity index (χ3v) is 2.02. The number of Topliss-reactive ketones (excluding diaryl/α,β-unsaturated/α-hetero) is 1. The first-order valence-corrected chi connectivity index (χ1v) is 4.89. The topological polar surface area (TPSA) is 63.5 Å². The predicted octanol–water partition coefficient (Wildman–Crippen LogP) is 1.27. The number of benzene rings is 1. The van der Waals surface area contributed by atoms with Crippen LogP contribution in [0.1, 0.15) is 5.56 Å². The van der Waals surface area contributed by atoms with Crippen LogP contribution in [0.5, 0.6) is 0 Å². The first-order valence-electron chi connectivity index (χ1n) is 4.89. The summed E-state index contributed by atoms with van der Waals surface area (Å²) in [5.41, 5.74) is 0.705. The van der Waals surface area contributed by atoms with Gasteiger partial charge in [-0.2, -0.15) is 0 Å². The third kappa shape index (κ3) is 3.78. The van der Waals surface area contributed by atoms with Crippen molar-refractivity contribution in [3.63, 3.8) is 0 Å². The molecule has 0 N–H and O–H groups in total. The molecule has 0 aliphatic carbocycles. The van der Waals surface area contributed by atoms with E-state index in [1.54, 1.807) is 17.0 Å². The molecule has 0 aromatic heterocycles. The Morgan fingerprint density at radius 2 is 2.12 bits per heavy atom. The zero-order valence-electron chi connectivity index (χ0n) is 9.34. The Balaban J connectivity index is 2.70. The van der Waals surface area contributed by atoms with Gasteiger partial charge in [0.1, 0.15) is 0 Å². The van der Waals surface area contributed by atoms with Crippen molar-refractivity contribution in [2.24, 2.45) is 0 Å². The van der Waals surface area contributed by atoms with Crippen LogP contribution >= 0.6 is 0 Å². The van der Waals surface area contributed by atoms with Crippen LogP contribution in [0.25, 0.3) is 0 Å². The van der Waals surface area contributed by atoms with Crippen LogP contribution in [0.3, 0.4) is 0 Å². The van der Waals surface area contributed by atoms with E-state index >= 15 is 0 Å². The second-order valence-electron chi connectivity index (χ2n) is 3.88. The lowest BCUT2D eigenvalue weighted by atomic mass is 10.1. The van der Waals surface area contributed by atoms with Gasteiger partial charge in [-0.05, 0) is 19.7 Å². The molecule has 1 rings (SSSR count). The summed E-state index contributed by atoms with van der Waals surface area (Å²) in [5.74, 6) is 0.0468. The molecular weight excluding hydrogens is 208 g/mol. The predicted molar refractivity (Wildman–Crippen MR) is 60.4 cm³/mol. The fourth-order valence-electron chi connectivity index (χ4n) is 1.42. The van der Waals surface area contributed by atoms with E-state index in [1.807, 2.05) is 14.1 Å². The number of carbonyl (C=O) groups is 1. The first kappa shape index (κ1) is 12.3. The molecule has 0 unspecified atom stereocenters. The number of rotatable bonds is 5. The summed E-state index contributed by atoms with van der Waals surface area (Å²) in [7, 11) is 3.62. The fraction of sp³-hybridized carbons (Fsp3) is 0.364. The summed E-state index contributed by atoms with van der Waals surface area (Å²) in [6, 6.07) is 6.17. The molecular formula is C11H14N2O3. The maximum absolute atomic E-state index is 11.5. The van der Waals surface area contributed by atoms with Gasteiger partial charge in [-0.3, -0.25) is 14.9 Å². The molecule has 0 spiro atoms. The Labute approximate surface area is 93.8 Å². The molecule has 5 nitrogen and oxygen atoms in total. The number of non-ortho nitro benzene ring substituents is 1. The number of carbonyl (C=O) groups excluding carboxylic acids is 1. The number of hydrogen-bond donors (Lipinski definition) is 0. The average Bonchev–Trinajstić information content (AvgIpc) is 2.16. The van der Waals surface area contributed by atoms with E-state index in [4.69, 9.17) is 0 Å². The van der Waals surface area contributed by atoms with Gasteiger partial charge in [0.15, 0.2) is 5.78 Å². The van der Waals surface area contributed by atoms with Gasteiger partial charge in [0.05, 0.1) is 11.5 Å². The standard InChI is InChI=1S/C11H14N2O3/c1-12(2)8-11(14)7-9-4-3-5-10(6-9)13(15)16/h3-6H,7-8H2,1-2H3. The molecule has 0 radical (unpaired) electrons. The van der Waals surface area contributed by atoms with Crippen molar-refractivity contribution in [2.45, 2.75) is 6.42 Å². The van der Waals surface area contributed by atoms with E-state index in [2.05, 4.69) is 0 Å². The Morgan fingerprint density at radius 1 is 1.44 bits per heavy atom. The van der Waals surface area contributed by atoms with Crippen molar-refractivity contribution in [3.05, 3.63) is 39.9 Å². The fourth-order valence-corrected chi connectivity index (χ4v) is 1.42. The lowest BCUT2D eigenvalue weighted by Gasteiger charge is -2.07. The molecule has 0 heterocycles. The highest BCUT2D eigenvalue weighted by Gasteiger charge is 2.09. The largest absolute Gasteiger partial charge is 0.302 e. The molecule has 0 fully saturated rings. The Bertz CT molecular complexity index is 402. The quantitative estimate of drug-likeness (QED) is 0.556. The summed E-state index contributed by atoms with van der Waals surface area (Å²) < 4.78 is 0. The van der Waals surface area contributed by atoms with Crippen molar-refractivity contribution in [3.8, 4) is 0 Å². The summed E-state index contributed by atoms with van der Waals surface area (Å²) >= 11 is 0. The number of ketones is 1. The van der Waals surface area contributed by atoms with Crippen LogP contribution in [0.4, 0.5) is 5.69 Å². The molecule has 0 aliphatic heterocycles. The van der Waals surface area contributed by atoms with Crippen LogP contribution in [-0.4, -0.2) is 36.2 Å². The molecule has 0 saturated heterocycles. The van der Waals surface area contributed by atoms with E-state index in [1.165, 1.54) is 12.1 Å². The minimum Gasteiger partial charge on any atom is -0.302 e. The summed E-state index contributed by atoms with van der Waals surface area (Å²) in [5, 5.41) is 10.5. The Kier molecular flexibility index (Phi) is 4.13. The van der Waals surface area contributed by atoms with E-state index in [-0.39, 0.29) is 17.9 Å². The molecule has 0 bridgehead atoms. The number of likely N-dealkylation sites (N-methyl/N-ethyl adjacent to an activating group) is 1. The molecule has 0 aliphatic rings. The van der Waals surface area contributed by atoms with Gasteiger partial charge in [-0.1, -0.05) is 12.1 Å². The van der Waals surface area contributed by atoms with Gasteiger partial charge >= 0.3 is 0 Å². The van der Waals surface area contributed by atoms with E-state index in [0.717, 1.165) is 0 Å². The monoisotopic (exact) mass is 222 g/mol. The van der Waals surface area contributed by atoms with Gasteiger partial charge in [-0.15, -0.1) is 0 Å². The highest BCUT2D eigenvalue weighted by atomic mass is 16.6. The van der Waals surface area contributed by atoms with Crippen molar-refractivity contribution in [2.75, 3.05) is 20.6 Å². The molecule has 1 aromatic carbocycles. The summed E-state index contributed by atoms with van der Waals surface area (Å²) in [6.45, 7) is 0.350. The zero-order chi connectivity index (χ0) is 12.1. The molecule has 0 atom stereocenters. The van der Waals surface area contributed by atoms with Crippen LogP contribution in [0.15, 0.2) is 24.3 Å². The molecule has 0 saturated carbocycles. The first-order chi connectivity index (χ1) is 7.49. The number of nitro groups is 1. The van der Waals surface area contributed by atoms with Crippen molar-refractivity contribution in [1.29, 1.82) is 0 Å². The zero-order valence-corrected chi connectivity index (χ0v) is 9.34. The SMILES string of the molecule is CN(C)CC(=O)Cc1cccc([N+](=O)[O-])c1. The van der Waals surface area contributed by atoms with Crippen molar-refractivity contribution >= 4 is 11.5 Å². The molecule has 1 aromatic rings. The minimum absolute atomic E-state index is 0.0233. The van der Waals surface area contributed by atoms with E-state index in [0.29, 0.717) is 12.1 Å². The Morgan fingerprint density at radius 3 is 2.69 bits per heavy atom. The molecule has 0 amide bonds. The van der Waals surface area contributed by atoms with Gasteiger partial charge in [-0.25, -0.2) is 0 Å². The van der Waals surface area contributed by atoms with Gasteiger partial charge in [0.2, 0.25) is 0 Å². The lowest BCUT2D eigenvalue weighted by Crippen LogP contribution is -2.22. The normalized spacial score (nSPS) is 10.4. The van der Waals surface area contributed by atoms with Crippen molar-refractivity contribution < 1.29 is 9.72 Å². The highest BCUT2D eigenvalue weighted by molar-refractivity contribution is 5.82. The second-order valence-corrected chi connectivity index (χ2v) is 3.88. The second kappa shape index (κ2) is 5.37. The maximum Gasteiger partial charge on any atom is 0.269 e. The van der Waals surface area contributed by atoms with Gasteiger partial charge < -0.3 is 4.90 Å². The highest BCUT2D eigenvalue weighted by Crippen LogP contribution is 2.13. The average molecular weight is 222 g/mol. The van der Waals surface area contributed by atoms with Gasteiger partial charge in [0.25, 0.3) is 5.69 Å². The lowest BCUT2D eigenvalue weighted by molar-refractivity contribution is -0.384. The Hall–Kier alpha value is -1.75. The van der Waals surface area contributed by atoms with Crippen LogP contribution in [0.2, 0.25) is 0 Å². The van der Waals surface area contributed by atoms with E-state index < -0.39 is 4.92 Å².